The van der Waals surface area contributed by atoms with Crippen LogP contribution in [0.2, 0.25) is 5.02 Å². The van der Waals surface area contributed by atoms with Gasteiger partial charge in [-0.05, 0) is 67.9 Å². The first kappa shape index (κ1) is 27.6. The third-order valence-corrected chi connectivity index (χ3v) is 7.53. The van der Waals surface area contributed by atoms with Crippen LogP contribution in [0.4, 0.5) is 5.69 Å². The lowest BCUT2D eigenvalue weighted by molar-refractivity contribution is 0.0710. The molecule has 0 N–H and O–H groups in total. The molecule has 2 aromatic carbocycles. The summed E-state index contributed by atoms with van der Waals surface area (Å²) in [5.74, 6) is 0.978. The van der Waals surface area contributed by atoms with Crippen molar-refractivity contribution in [2.75, 3.05) is 37.6 Å². The Labute approximate surface area is 240 Å². The van der Waals surface area contributed by atoms with E-state index in [-0.39, 0.29) is 11.8 Å². The van der Waals surface area contributed by atoms with Gasteiger partial charge in [0.25, 0.3) is 11.8 Å². The minimum atomic E-state index is -0.0949. The van der Waals surface area contributed by atoms with Crippen LogP contribution < -0.4 is 4.90 Å². The highest BCUT2D eigenvalue weighted by Crippen LogP contribution is 2.22. The molecule has 0 atom stereocenters. The molecule has 0 unspecified atom stereocenters. The van der Waals surface area contributed by atoms with Crippen molar-refractivity contribution in [3.05, 3.63) is 112 Å². The molecule has 1 aliphatic heterocycles. The molecule has 208 valence electrons. The Morgan fingerprint density at radius 2 is 1.73 bits per heavy atom. The number of hydrogen-bond acceptors (Lipinski definition) is 4. The zero-order valence-corrected chi connectivity index (χ0v) is 23.8. The van der Waals surface area contributed by atoms with Gasteiger partial charge >= 0.3 is 0 Å². The second-order valence-corrected chi connectivity index (χ2v) is 10.7. The molecule has 0 bridgehead atoms. The van der Waals surface area contributed by atoms with Crippen molar-refractivity contribution in [3.63, 3.8) is 0 Å². The molecule has 0 radical (unpaired) electrons. The van der Waals surface area contributed by atoms with Crippen molar-refractivity contribution in [1.82, 2.24) is 14.4 Å². The Kier molecular flexibility index (Phi) is 8.60. The van der Waals surface area contributed by atoms with Crippen LogP contribution in [0, 0.1) is 6.92 Å². The van der Waals surface area contributed by atoms with E-state index in [9.17, 15) is 9.59 Å². The molecule has 2 aromatic heterocycles. The zero-order valence-electron chi connectivity index (χ0n) is 23.1. The Morgan fingerprint density at radius 3 is 2.45 bits per heavy atom. The number of carbonyl (C=O) groups excluding carboxylic acids is 2. The number of rotatable bonds is 9. The standard InChI is InChI=1S/C32H35ClN4O3/c1-3-15-37(31(38)25-11-9-24(2)10-12-25)22-28-8-5-16-36(28)23-29-13-14-30(40-29)32(39)35-19-17-34(18-20-35)27-7-4-6-26(33)21-27/h4-14,16,21H,3,15,17-20,22-23H2,1-2H3. The largest absolute Gasteiger partial charge is 0.454 e. The van der Waals surface area contributed by atoms with Gasteiger partial charge in [-0.15, -0.1) is 0 Å². The Bertz CT molecular complexity index is 1450. The lowest BCUT2D eigenvalue weighted by Crippen LogP contribution is -2.48. The maximum absolute atomic E-state index is 13.2. The summed E-state index contributed by atoms with van der Waals surface area (Å²) in [5, 5.41) is 0.709. The summed E-state index contributed by atoms with van der Waals surface area (Å²) in [4.78, 5) is 32.4. The van der Waals surface area contributed by atoms with E-state index in [2.05, 4.69) is 16.4 Å². The summed E-state index contributed by atoms with van der Waals surface area (Å²) < 4.78 is 8.08. The van der Waals surface area contributed by atoms with Crippen LogP contribution in [0.1, 0.15) is 51.3 Å². The molecular formula is C32H35ClN4O3. The number of hydrogen-bond donors (Lipinski definition) is 0. The number of amides is 2. The topological polar surface area (TPSA) is 61.9 Å². The number of furan rings is 1. The van der Waals surface area contributed by atoms with E-state index < -0.39 is 0 Å². The van der Waals surface area contributed by atoms with Gasteiger partial charge in [0.05, 0.1) is 13.1 Å². The van der Waals surface area contributed by atoms with E-state index in [4.69, 9.17) is 16.0 Å². The third kappa shape index (κ3) is 6.42. The second-order valence-electron chi connectivity index (χ2n) is 10.2. The van der Waals surface area contributed by atoms with Gasteiger partial charge < -0.3 is 23.7 Å². The van der Waals surface area contributed by atoms with Gasteiger partial charge in [-0.2, -0.15) is 0 Å². The highest BCUT2D eigenvalue weighted by atomic mass is 35.5. The maximum atomic E-state index is 13.2. The van der Waals surface area contributed by atoms with Gasteiger partial charge in [0.2, 0.25) is 0 Å². The van der Waals surface area contributed by atoms with E-state index in [1.807, 2.05) is 89.7 Å². The fraction of sp³-hybridized carbons (Fsp3) is 0.312. The van der Waals surface area contributed by atoms with Crippen LogP contribution in [-0.2, 0) is 13.1 Å². The number of aromatic nitrogens is 1. The number of halogens is 1. The zero-order chi connectivity index (χ0) is 28.1. The predicted molar refractivity (Wildman–Crippen MR) is 158 cm³/mol. The number of benzene rings is 2. The fourth-order valence-corrected chi connectivity index (χ4v) is 5.27. The molecule has 3 heterocycles. The van der Waals surface area contributed by atoms with E-state index >= 15 is 0 Å². The van der Waals surface area contributed by atoms with Gasteiger partial charge in [-0.1, -0.05) is 42.3 Å². The van der Waals surface area contributed by atoms with Crippen molar-refractivity contribution >= 4 is 29.1 Å². The summed E-state index contributed by atoms with van der Waals surface area (Å²) in [5.41, 5.74) is 3.90. The molecule has 0 aliphatic carbocycles. The number of piperazine rings is 1. The Hall–Kier alpha value is -3.97. The maximum Gasteiger partial charge on any atom is 0.289 e. The number of carbonyl (C=O) groups is 2. The quantitative estimate of drug-likeness (QED) is 0.249. The average Bonchev–Trinajstić information content (AvgIpc) is 3.62. The monoisotopic (exact) mass is 558 g/mol. The van der Waals surface area contributed by atoms with Crippen molar-refractivity contribution in [2.24, 2.45) is 0 Å². The number of aryl methyl sites for hydroxylation is 1. The third-order valence-electron chi connectivity index (χ3n) is 7.29. The summed E-state index contributed by atoms with van der Waals surface area (Å²) in [7, 11) is 0. The first-order chi connectivity index (χ1) is 19.4. The predicted octanol–water partition coefficient (Wildman–Crippen LogP) is 6.11. The molecule has 0 saturated carbocycles. The van der Waals surface area contributed by atoms with E-state index in [0.717, 1.165) is 36.5 Å². The molecular weight excluding hydrogens is 524 g/mol. The molecule has 8 heteroatoms. The summed E-state index contributed by atoms with van der Waals surface area (Å²) in [6.45, 7) is 8.45. The molecule has 2 amide bonds. The molecule has 1 aliphatic rings. The van der Waals surface area contributed by atoms with E-state index in [0.29, 0.717) is 54.8 Å². The lowest BCUT2D eigenvalue weighted by atomic mass is 10.1. The number of nitrogens with zero attached hydrogens (tertiary/aromatic N) is 4. The van der Waals surface area contributed by atoms with Gasteiger partial charge in [0.1, 0.15) is 5.76 Å². The van der Waals surface area contributed by atoms with E-state index in [1.54, 1.807) is 6.07 Å². The molecule has 7 nitrogen and oxygen atoms in total. The van der Waals surface area contributed by atoms with Gasteiger partial charge in [-0.25, -0.2) is 0 Å². The Morgan fingerprint density at radius 1 is 0.950 bits per heavy atom. The van der Waals surface area contributed by atoms with Crippen molar-refractivity contribution in [2.45, 2.75) is 33.4 Å². The molecule has 1 saturated heterocycles. The van der Waals surface area contributed by atoms with E-state index in [1.165, 1.54) is 0 Å². The second kappa shape index (κ2) is 12.5. The fourth-order valence-electron chi connectivity index (χ4n) is 5.09. The summed E-state index contributed by atoms with van der Waals surface area (Å²) >= 11 is 6.15. The van der Waals surface area contributed by atoms with Crippen LogP contribution in [0.3, 0.4) is 0 Å². The first-order valence-electron chi connectivity index (χ1n) is 13.8. The average molecular weight is 559 g/mol. The van der Waals surface area contributed by atoms with Crippen LogP contribution in [0.25, 0.3) is 0 Å². The summed E-state index contributed by atoms with van der Waals surface area (Å²) in [6, 6.07) is 23.1. The first-order valence-corrected chi connectivity index (χ1v) is 14.2. The van der Waals surface area contributed by atoms with Gasteiger partial charge in [0, 0.05) is 60.9 Å². The SMILES string of the molecule is CCCN(Cc1cccn1Cc1ccc(C(=O)N2CCN(c3cccc(Cl)c3)CC2)o1)C(=O)c1ccc(C)cc1. The molecule has 4 aromatic rings. The molecule has 0 spiro atoms. The highest BCUT2D eigenvalue weighted by Gasteiger charge is 2.25. The normalized spacial score (nSPS) is 13.5. The smallest absolute Gasteiger partial charge is 0.289 e. The molecule has 40 heavy (non-hydrogen) atoms. The lowest BCUT2D eigenvalue weighted by Gasteiger charge is -2.35. The van der Waals surface area contributed by atoms with Gasteiger partial charge in [0.15, 0.2) is 5.76 Å². The van der Waals surface area contributed by atoms with Crippen LogP contribution in [-0.4, -0.2) is 58.9 Å². The molecule has 5 rings (SSSR count). The van der Waals surface area contributed by atoms with Crippen molar-refractivity contribution in [1.29, 1.82) is 0 Å². The van der Waals surface area contributed by atoms with Crippen LogP contribution >= 0.6 is 11.6 Å². The minimum Gasteiger partial charge on any atom is -0.454 e. The highest BCUT2D eigenvalue weighted by molar-refractivity contribution is 6.30. The molecule has 1 fully saturated rings. The van der Waals surface area contributed by atoms with Crippen molar-refractivity contribution < 1.29 is 14.0 Å². The minimum absolute atomic E-state index is 0.0240. The van der Waals surface area contributed by atoms with Crippen LogP contribution in [0.15, 0.2) is 83.4 Å². The van der Waals surface area contributed by atoms with Crippen molar-refractivity contribution in [3.8, 4) is 0 Å². The number of anilines is 1. The Balaban J connectivity index is 1.21. The van der Waals surface area contributed by atoms with Crippen LogP contribution in [0.5, 0.6) is 0 Å². The van der Waals surface area contributed by atoms with Gasteiger partial charge in [-0.3, -0.25) is 9.59 Å². The summed E-state index contributed by atoms with van der Waals surface area (Å²) in [6.07, 6.45) is 2.85.